The maximum atomic E-state index is 13.5. The van der Waals surface area contributed by atoms with Crippen LogP contribution in [0.5, 0.6) is 5.75 Å². The van der Waals surface area contributed by atoms with E-state index < -0.39 is 11.2 Å². The summed E-state index contributed by atoms with van der Waals surface area (Å²) >= 11 is 2.69. The number of hydrogen-bond donors (Lipinski definition) is 2. The summed E-state index contributed by atoms with van der Waals surface area (Å²) in [6, 6.07) is 10.6. The zero-order valence-corrected chi connectivity index (χ0v) is 26.5. The standard InChI is InChI=1S/C31H35N5O6S2/c1-4-40-21-15-13-20(14-16-21)36-25(18-32-28(38)23-11-9-17-42-23)34-35-31(36)43-19(3)27(37)33-29-26(30(39)41-5-2)22-10-7-6-8-12-24(22)44-29/h9,11,13-17,19H,4-8,10,12,18H2,1-3H3,(H,32,38)(H,33,37)/t19-/m1/s1. The van der Waals surface area contributed by atoms with E-state index in [1.54, 1.807) is 30.5 Å². The molecule has 0 aliphatic heterocycles. The number of thioether (sulfide) groups is 1. The van der Waals surface area contributed by atoms with E-state index in [1.165, 1.54) is 29.4 Å². The van der Waals surface area contributed by atoms with Crippen molar-refractivity contribution in [3.8, 4) is 11.4 Å². The number of thiophene rings is 1. The number of hydrogen-bond acceptors (Lipinski definition) is 10. The van der Waals surface area contributed by atoms with Gasteiger partial charge in [-0.15, -0.1) is 21.5 Å². The molecule has 0 unspecified atom stereocenters. The van der Waals surface area contributed by atoms with Crippen molar-refractivity contribution in [2.45, 2.75) is 69.8 Å². The Bertz CT molecular complexity index is 1600. The van der Waals surface area contributed by atoms with E-state index in [1.807, 2.05) is 31.2 Å². The molecule has 5 rings (SSSR count). The van der Waals surface area contributed by atoms with Gasteiger partial charge in [0.25, 0.3) is 5.91 Å². The fourth-order valence-corrected chi connectivity index (χ4v) is 7.10. The first-order chi connectivity index (χ1) is 21.4. The van der Waals surface area contributed by atoms with Gasteiger partial charge in [-0.2, -0.15) is 0 Å². The predicted molar refractivity (Wildman–Crippen MR) is 168 cm³/mol. The number of carbonyl (C=O) groups excluding carboxylic acids is 3. The number of nitrogens with zero attached hydrogens (tertiary/aromatic N) is 3. The van der Waals surface area contributed by atoms with Gasteiger partial charge in [-0.1, -0.05) is 18.2 Å². The molecular formula is C31H35N5O6S2. The number of amides is 2. The molecule has 1 aliphatic rings. The Hall–Kier alpha value is -4.10. The third-order valence-corrected chi connectivity index (χ3v) is 9.30. The summed E-state index contributed by atoms with van der Waals surface area (Å²) in [5.41, 5.74) is 2.21. The second-order valence-electron chi connectivity index (χ2n) is 10.1. The first-order valence-electron chi connectivity index (χ1n) is 14.7. The average molecular weight is 638 g/mol. The van der Waals surface area contributed by atoms with Crippen LogP contribution in [-0.2, 0) is 28.9 Å². The Morgan fingerprint density at radius 1 is 1.07 bits per heavy atom. The number of anilines is 1. The highest BCUT2D eigenvalue weighted by Gasteiger charge is 2.29. The number of aryl methyl sites for hydroxylation is 1. The van der Waals surface area contributed by atoms with Crippen molar-refractivity contribution in [1.29, 1.82) is 0 Å². The van der Waals surface area contributed by atoms with Gasteiger partial charge in [-0.3, -0.25) is 14.2 Å². The summed E-state index contributed by atoms with van der Waals surface area (Å²) in [5, 5.41) is 14.9. The Morgan fingerprint density at radius 2 is 1.86 bits per heavy atom. The molecule has 0 fully saturated rings. The minimum absolute atomic E-state index is 0.0739. The molecule has 1 atom stereocenters. The zero-order chi connectivity index (χ0) is 31.1. The van der Waals surface area contributed by atoms with Gasteiger partial charge in [-0.05, 0) is 88.4 Å². The van der Waals surface area contributed by atoms with E-state index in [0.717, 1.165) is 48.2 Å². The molecule has 13 heteroatoms. The number of furan rings is 1. The molecular weight excluding hydrogens is 603 g/mol. The Balaban J connectivity index is 1.38. The number of benzene rings is 1. The van der Waals surface area contributed by atoms with Crippen LogP contribution in [0.15, 0.2) is 52.2 Å². The minimum atomic E-state index is -0.594. The van der Waals surface area contributed by atoms with E-state index in [9.17, 15) is 14.4 Å². The van der Waals surface area contributed by atoms with E-state index in [2.05, 4.69) is 20.8 Å². The SMILES string of the molecule is CCOC(=O)c1c(NC(=O)[C@@H](C)Sc2nnc(CNC(=O)c3ccco3)n2-c2ccc(OCC)cc2)sc2c1CCCCC2. The van der Waals surface area contributed by atoms with Crippen molar-refractivity contribution < 1.29 is 28.3 Å². The van der Waals surface area contributed by atoms with Crippen LogP contribution in [0.1, 0.15) is 77.2 Å². The number of aromatic nitrogens is 3. The molecule has 0 spiro atoms. The first-order valence-corrected chi connectivity index (χ1v) is 16.4. The van der Waals surface area contributed by atoms with Gasteiger partial charge in [0.15, 0.2) is 16.7 Å². The van der Waals surface area contributed by atoms with Gasteiger partial charge in [0.05, 0.1) is 36.8 Å². The summed E-state index contributed by atoms with van der Waals surface area (Å²) in [5.74, 6) is 0.307. The summed E-state index contributed by atoms with van der Waals surface area (Å²) < 4.78 is 18.0. The van der Waals surface area contributed by atoms with E-state index >= 15 is 0 Å². The molecule has 2 N–H and O–H groups in total. The lowest BCUT2D eigenvalue weighted by Crippen LogP contribution is -2.25. The molecule has 1 aliphatic carbocycles. The molecule has 3 heterocycles. The van der Waals surface area contributed by atoms with Crippen molar-refractivity contribution >= 4 is 45.9 Å². The molecule has 1 aromatic carbocycles. The first kappa shape index (κ1) is 31.3. The van der Waals surface area contributed by atoms with Gasteiger partial charge in [0.1, 0.15) is 10.8 Å². The lowest BCUT2D eigenvalue weighted by molar-refractivity contribution is -0.115. The molecule has 44 heavy (non-hydrogen) atoms. The largest absolute Gasteiger partial charge is 0.494 e. The van der Waals surface area contributed by atoms with Crippen LogP contribution in [0.4, 0.5) is 5.00 Å². The van der Waals surface area contributed by atoms with Crippen molar-refractivity contribution in [2.24, 2.45) is 0 Å². The third-order valence-electron chi connectivity index (χ3n) is 7.05. The highest BCUT2D eigenvalue weighted by Crippen LogP contribution is 2.38. The normalized spacial score (nSPS) is 13.4. The Morgan fingerprint density at radius 3 is 2.59 bits per heavy atom. The molecule has 4 aromatic rings. The van der Waals surface area contributed by atoms with Crippen LogP contribution in [0.2, 0.25) is 0 Å². The molecule has 3 aromatic heterocycles. The van der Waals surface area contributed by atoms with Crippen LogP contribution in [0.25, 0.3) is 5.69 Å². The molecule has 0 saturated carbocycles. The average Bonchev–Trinajstić information content (AvgIpc) is 3.73. The summed E-state index contributed by atoms with van der Waals surface area (Å²) in [6.45, 7) is 6.33. The topological polar surface area (TPSA) is 138 Å². The highest BCUT2D eigenvalue weighted by molar-refractivity contribution is 8.00. The van der Waals surface area contributed by atoms with Gasteiger partial charge >= 0.3 is 5.97 Å². The lowest BCUT2D eigenvalue weighted by Gasteiger charge is -2.15. The molecule has 2 amide bonds. The molecule has 11 nitrogen and oxygen atoms in total. The van der Waals surface area contributed by atoms with Crippen molar-refractivity contribution in [3.05, 3.63) is 70.3 Å². The molecule has 232 valence electrons. The lowest BCUT2D eigenvalue weighted by atomic mass is 10.1. The van der Waals surface area contributed by atoms with Gasteiger partial charge < -0.3 is 24.5 Å². The van der Waals surface area contributed by atoms with E-state index in [0.29, 0.717) is 33.9 Å². The van der Waals surface area contributed by atoms with Crippen molar-refractivity contribution in [2.75, 3.05) is 18.5 Å². The zero-order valence-electron chi connectivity index (χ0n) is 24.9. The second kappa shape index (κ2) is 14.6. The molecule has 0 saturated heterocycles. The number of rotatable bonds is 12. The monoisotopic (exact) mass is 637 g/mol. The Kier molecular flexibility index (Phi) is 10.4. The number of fused-ring (bicyclic) bond motifs is 1. The minimum Gasteiger partial charge on any atom is -0.494 e. The number of esters is 1. The van der Waals surface area contributed by atoms with Crippen molar-refractivity contribution in [3.63, 3.8) is 0 Å². The quantitative estimate of drug-likeness (QED) is 0.112. The summed E-state index contributed by atoms with van der Waals surface area (Å²) in [7, 11) is 0. The van der Waals surface area contributed by atoms with Crippen LogP contribution in [-0.4, -0.2) is 51.0 Å². The third kappa shape index (κ3) is 7.16. The molecule has 0 bridgehead atoms. The van der Waals surface area contributed by atoms with Crippen LogP contribution >= 0.6 is 23.1 Å². The second-order valence-corrected chi connectivity index (χ2v) is 12.5. The van der Waals surface area contributed by atoms with Crippen molar-refractivity contribution in [1.82, 2.24) is 20.1 Å². The Labute approximate surface area is 263 Å². The summed E-state index contributed by atoms with van der Waals surface area (Å²) in [6.07, 6.45) is 6.29. The van der Waals surface area contributed by atoms with Crippen LogP contribution in [0, 0.1) is 0 Å². The number of carbonyl (C=O) groups is 3. The summed E-state index contributed by atoms with van der Waals surface area (Å²) in [4.78, 5) is 40.2. The van der Waals surface area contributed by atoms with Crippen LogP contribution in [0.3, 0.4) is 0 Å². The van der Waals surface area contributed by atoms with Gasteiger partial charge in [0.2, 0.25) is 5.91 Å². The fraction of sp³-hybridized carbons (Fsp3) is 0.387. The maximum absolute atomic E-state index is 13.5. The predicted octanol–water partition coefficient (Wildman–Crippen LogP) is 5.82. The van der Waals surface area contributed by atoms with Gasteiger partial charge in [-0.25, -0.2) is 4.79 Å². The number of nitrogens with one attached hydrogen (secondary N) is 2. The molecule has 0 radical (unpaired) electrons. The van der Waals surface area contributed by atoms with Crippen LogP contribution < -0.4 is 15.4 Å². The maximum Gasteiger partial charge on any atom is 0.341 e. The highest BCUT2D eigenvalue weighted by atomic mass is 32.2. The number of ether oxygens (including phenoxy) is 2. The van der Waals surface area contributed by atoms with Gasteiger partial charge in [0, 0.05) is 10.6 Å². The van der Waals surface area contributed by atoms with E-state index in [4.69, 9.17) is 13.9 Å². The smallest absolute Gasteiger partial charge is 0.341 e. The fourth-order valence-electron chi connectivity index (χ4n) is 4.94. The van der Waals surface area contributed by atoms with E-state index in [-0.39, 0.29) is 30.7 Å².